The number of hydrogen-bond donors (Lipinski definition) is 2. The summed E-state index contributed by atoms with van der Waals surface area (Å²) in [7, 11) is 0. The molecule has 2 N–H and O–H groups in total. The molecule has 1 aliphatic rings. The number of aliphatic carboxylic acids is 1. The number of carbonyl (C=O) groups is 2. The average Bonchev–Trinajstić information content (AvgIpc) is 2.27. The molecule has 0 aromatic rings. The van der Waals surface area contributed by atoms with E-state index in [0.29, 0.717) is 5.75 Å². The van der Waals surface area contributed by atoms with Gasteiger partial charge in [-0.25, -0.2) is 0 Å². The van der Waals surface area contributed by atoms with Gasteiger partial charge in [-0.05, 0) is 19.4 Å². The summed E-state index contributed by atoms with van der Waals surface area (Å²) in [5, 5.41) is 11.8. The third-order valence-corrected chi connectivity index (χ3v) is 4.65. The van der Waals surface area contributed by atoms with Crippen LogP contribution in [0, 0.1) is 0 Å². The summed E-state index contributed by atoms with van der Waals surface area (Å²) in [5.74, 6) is -0.229. The molecule has 0 aliphatic heterocycles. The minimum absolute atomic E-state index is 0.0784. The van der Waals surface area contributed by atoms with E-state index in [9.17, 15) is 9.59 Å². The molecule has 0 aromatic carbocycles. The van der Waals surface area contributed by atoms with Crippen LogP contribution in [-0.2, 0) is 9.59 Å². The number of carbonyl (C=O) groups excluding carboxylic acids is 1. The van der Waals surface area contributed by atoms with Crippen molar-refractivity contribution in [2.45, 2.75) is 57.4 Å². The number of likely N-dealkylation sites (N-methyl/N-ethyl adjacent to an activating group) is 1. The molecule has 1 aliphatic carbocycles. The molecule has 0 radical (unpaired) electrons. The SMILES string of the molecule is CCN(CC(=O)O)C1CC(NC(=O)CSC(C)(C)C)C1. The van der Waals surface area contributed by atoms with Crippen LogP contribution in [0.2, 0.25) is 0 Å². The van der Waals surface area contributed by atoms with E-state index in [2.05, 4.69) is 26.1 Å². The molecule has 0 spiro atoms. The van der Waals surface area contributed by atoms with E-state index in [1.165, 1.54) is 0 Å². The lowest BCUT2D eigenvalue weighted by atomic mass is 9.85. The predicted molar refractivity (Wildman–Crippen MR) is 82.0 cm³/mol. The summed E-state index contributed by atoms with van der Waals surface area (Å²) < 4.78 is 0.0972. The number of rotatable bonds is 7. The summed E-state index contributed by atoms with van der Waals surface area (Å²) >= 11 is 1.64. The number of carboxylic acid groups (broad SMARTS) is 1. The monoisotopic (exact) mass is 302 g/mol. The van der Waals surface area contributed by atoms with Crippen LogP contribution in [-0.4, -0.2) is 57.6 Å². The number of nitrogens with one attached hydrogen (secondary N) is 1. The molecule has 6 heteroatoms. The first-order valence-corrected chi connectivity index (χ1v) is 8.09. The van der Waals surface area contributed by atoms with Crippen LogP contribution >= 0.6 is 11.8 Å². The molecule has 1 saturated carbocycles. The molecule has 1 fully saturated rings. The molecule has 116 valence electrons. The standard InChI is InChI=1S/C14H26N2O3S/c1-5-16(8-13(18)19)11-6-10(7-11)15-12(17)9-20-14(2,3)4/h10-11H,5-9H2,1-4H3,(H,15,17)(H,18,19). The normalized spacial score (nSPS) is 22.4. The maximum atomic E-state index is 11.8. The van der Waals surface area contributed by atoms with Gasteiger partial charge in [-0.3, -0.25) is 14.5 Å². The van der Waals surface area contributed by atoms with Crippen molar-refractivity contribution in [2.24, 2.45) is 0 Å². The van der Waals surface area contributed by atoms with Crippen molar-refractivity contribution in [1.82, 2.24) is 10.2 Å². The molecule has 0 atom stereocenters. The molecule has 0 unspecified atom stereocenters. The van der Waals surface area contributed by atoms with Crippen LogP contribution in [0.1, 0.15) is 40.5 Å². The second-order valence-electron chi connectivity index (χ2n) is 6.25. The van der Waals surface area contributed by atoms with Gasteiger partial charge in [0.2, 0.25) is 5.91 Å². The molecule has 0 aromatic heterocycles. The highest BCUT2D eigenvalue weighted by Crippen LogP contribution is 2.26. The molecule has 5 nitrogen and oxygen atoms in total. The van der Waals surface area contributed by atoms with Crippen LogP contribution in [0.5, 0.6) is 0 Å². The van der Waals surface area contributed by atoms with Crippen LogP contribution < -0.4 is 5.32 Å². The Hall–Kier alpha value is -0.750. The Morgan fingerprint density at radius 3 is 2.40 bits per heavy atom. The van der Waals surface area contributed by atoms with Crippen molar-refractivity contribution in [3.63, 3.8) is 0 Å². The smallest absolute Gasteiger partial charge is 0.317 e. The lowest BCUT2D eigenvalue weighted by Crippen LogP contribution is -2.55. The van der Waals surface area contributed by atoms with Gasteiger partial charge in [-0.15, -0.1) is 11.8 Å². The third kappa shape index (κ3) is 6.13. The van der Waals surface area contributed by atoms with Crippen LogP contribution in [0.25, 0.3) is 0 Å². The summed E-state index contributed by atoms with van der Waals surface area (Å²) in [6, 6.07) is 0.493. The number of carboxylic acids is 1. The summed E-state index contributed by atoms with van der Waals surface area (Å²) in [5.41, 5.74) is 0. The first-order valence-electron chi connectivity index (χ1n) is 7.10. The van der Waals surface area contributed by atoms with Gasteiger partial charge in [0.1, 0.15) is 0 Å². The predicted octanol–water partition coefficient (Wildman–Crippen LogP) is 1.57. The van der Waals surface area contributed by atoms with Crippen LogP contribution in [0.3, 0.4) is 0 Å². The van der Waals surface area contributed by atoms with Gasteiger partial charge in [0.15, 0.2) is 0 Å². The topological polar surface area (TPSA) is 69.6 Å². The Kier molecular flexibility index (Phi) is 6.33. The fourth-order valence-electron chi connectivity index (χ4n) is 2.23. The van der Waals surface area contributed by atoms with Crippen LogP contribution in [0.4, 0.5) is 0 Å². The highest BCUT2D eigenvalue weighted by molar-refractivity contribution is 8.01. The summed E-state index contributed by atoms with van der Waals surface area (Å²) in [4.78, 5) is 24.5. The van der Waals surface area contributed by atoms with E-state index >= 15 is 0 Å². The van der Waals surface area contributed by atoms with E-state index in [4.69, 9.17) is 5.11 Å². The fraction of sp³-hybridized carbons (Fsp3) is 0.857. The van der Waals surface area contributed by atoms with E-state index in [1.807, 2.05) is 11.8 Å². The Balaban J connectivity index is 2.24. The van der Waals surface area contributed by atoms with Crippen LogP contribution in [0.15, 0.2) is 0 Å². The quantitative estimate of drug-likeness (QED) is 0.747. The lowest BCUT2D eigenvalue weighted by Gasteiger charge is -2.42. The Morgan fingerprint density at radius 2 is 1.95 bits per heavy atom. The van der Waals surface area contributed by atoms with Crippen molar-refractivity contribution in [3.05, 3.63) is 0 Å². The number of thioether (sulfide) groups is 1. The highest BCUT2D eigenvalue weighted by atomic mass is 32.2. The number of hydrogen-bond acceptors (Lipinski definition) is 4. The van der Waals surface area contributed by atoms with Gasteiger partial charge in [0.25, 0.3) is 0 Å². The van der Waals surface area contributed by atoms with E-state index in [1.54, 1.807) is 11.8 Å². The molecule has 20 heavy (non-hydrogen) atoms. The molecular formula is C14H26N2O3S. The third-order valence-electron chi connectivity index (χ3n) is 3.38. The molecule has 0 saturated heterocycles. The lowest BCUT2D eigenvalue weighted by molar-refractivity contribution is -0.139. The van der Waals surface area contributed by atoms with E-state index < -0.39 is 5.97 Å². The van der Waals surface area contributed by atoms with Gasteiger partial charge >= 0.3 is 5.97 Å². The van der Waals surface area contributed by atoms with E-state index in [0.717, 1.165) is 19.4 Å². The number of nitrogens with zero attached hydrogens (tertiary/aromatic N) is 1. The van der Waals surface area contributed by atoms with Crippen molar-refractivity contribution in [2.75, 3.05) is 18.8 Å². The Morgan fingerprint density at radius 1 is 1.35 bits per heavy atom. The van der Waals surface area contributed by atoms with Crippen molar-refractivity contribution in [1.29, 1.82) is 0 Å². The Labute approximate surface area is 125 Å². The van der Waals surface area contributed by atoms with Crippen molar-refractivity contribution >= 4 is 23.6 Å². The van der Waals surface area contributed by atoms with Gasteiger partial charge in [0, 0.05) is 16.8 Å². The van der Waals surface area contributed by atoms with Gasteiger partial charge in [-0.2, -0.15) is 0 Å². The zero-order valence-electron chi connectivity index (χ0n) is 12.8. The van der Waals surface area contributed by atoms with Gasteiger partial charge < -0.3 is 10.4 Å². The maximum absolute atomic E-state index is 11.8. The largest absolute Gasteiger partial charge is 0.480 e. The van der Waals surface area contributed by atoms with Crippen molar-refractivity contribution < 1.29 is 14.7 Å². The first kappa shape index (κ1) is 17.3. The first-order chi connectivity index (χ1) is 9.21. The van der Waals surface area contributed by atoms with Crippen molar-refractivity contribution in [3.8, 4) is 0 Å². The number of amides is 1. The van der Waals surface area contributed by atoms with Gasteiger partial charge in [-0.1, -0.05) is 27.7 Å². The summed E-state index contributed by atoms with van der Waals surface area (Å²) in [6.45, 7) is 9.06. The molecular weight excluding hydrogens is 276 g/mol. The Bertz CT molecular complexity index is 349. The molecule has 1 rings (SSSR count). The second kappa shape index (κ2) is 7.31. The molecule has 0 bridgehead atoms. The molecule has 1 amide bonds. The maximum Gasteiger partial charge on any atom is 0.317 e. The fourth-order valence-corrected chi connectivity index (χ4v) is 2.88. The average molecular weight is 302 g/mol. The van der Waals surface area contributed by atoms with Gasteiger partial charge in [0.05, 0.1) is 12.3 Å². The van der Waals surface area contributed by atoms with E-state index in [-0.39, 0.29) is 29.3 Å². The zero-order valence-corrected chi connectivity index (χ0v) is 13.6. The second-order valence-corrected chi connectivity index (χ2v) is 8.05. The molecule has 0 heterocycles. The summed E-state index contributed by atoms with van der Waals surface area (Å²) in [6.07, 6.45) is 1.71. The highest BCUT2D eigenvalue weighted by Gasteiger charge is 2.34. The minimum Gasteiger partial charge on any atom is -0.480 e. The zero-order chi connectivity index (χ0) is 15.3. The minimum atomic E-state index is -0.791.